The van der Waals surface area contributed by atoms with Crippen molar-refractivity contribution in [3.05, 3.63) is 0 Å². The van der Waals surface area contributed by atoms with Crippen LogP contribution >= 0.6 is 0 Å². The monoisotopic (exact) mass is 225 g/mol. The zero-order valence-corrected chi connectivity index (χ0v) is 10.8. The van der Waals surface area contributed by atoms with Crippen LogP contribution in [0.5, 0.6) is 0 Å². The fraction of sp³-hybridized carbons (Fsp3) is 0.833. The molecule has 0 aromatic heterocycles. The van der Waals surface area contributed by atoms with Crippen molar-refractivity contribution in [1.82, 2.24) is 10.2 Å². The summed E-state index contributed by atoms with van der Waals surface area (Å²) in [6.45, 7) is 6.64. The summed E-state index contributed by atoms with van der Waals surface area (Å²) in [7, 11) is 1.87. The number of rotatable bonds is 7. The smallest absolute Gasteiger partial charge is 0.237 e. The van der Waals surface area contributed by atoms with Gasteiger partial charge in [-0.05, 0) is 26.8 Å². The van der Waals surface area contributed by atoms with Gasteiger partial charge < -0.3 is 5.32 Å². The van der Waals surface area contributed by atoms with E-state index in [0.29, 0.717) is 13.0 Å². The third kappa shape index (κ3) is 5.13. The van der Waals surface area contributed by atoms with E-state index in [2.05, 4.69) is 25.2 Å². The molecule has 0 spiro atoms. The number of nitrogens with one attached hydrogen (secondary N) is 1. The van der Waals surface area contributed by atoms with E-state index in [1.54, 1.807) is 0 Å². The van der Waals surface area contributed by atoms with Crippen LogP contribution in [0.15, 0.2) is 0 Å². The lowest BCUT2D eigenvalue weighted by Crippen LogP contribution is -2.46. The Kier molecular flexibility index (Phi) is 7.57. The SMILES string of the molecule is CCC(CC)NC(=O)C(C)N(C)CCC#N. The molecule has 0 bridgehead atoms. The van der Waals surface area contributed by atoms with Crippen molar-refractivity contribution in [2.45, 2.75) is 52.1 Å². The Morgan fingerprint density at radius 3 is 2.44 bits per heavy atom. The van der Waals surface area contributed by atoms with Gasteiger partial charge in [0, 0.05) is 19.0 Å². The van der Waals surface area contributed by atoms with Crippen molar-refractivity contribution in [3.8, 4) is 6.07 Å². The van der Waals surface area contributed by atoms with Gasteiger partial charge in [0.15, 0.2) is 0 Å². The number of nitrogens with zero attached hydrogens (tertiary/aromatic N) is 2. The standard InChI is InChI=1S/C12H23N3O/c1-5-11(6-2)14-12(16)10(3)15(4)9-7-8-13/h10-11H,5-7,9H2,1-4H3,(H,14,16). The highest BCUT2D eigenvalue weighted by molar-refractivity contribution is 5.81. The van der Waals surface area contributed by atoms with E-state index in [-0.39, 0.29) is 18.0 Å². The van der Waals surface area contributed by atoms with Crippen LogP contribution in [0.2, 0.25) is 0 Å². The molecule has 4 heteroatoms. The summed E-state index contributed by atoms with van der Waals surface area (Å²) in [6.07, 6.45) is 2.37. The minimum atomic E-state index is -0.172. The molecule has 0 aliphatic rings. The highest BCUT2D eigenvalue weighted by atomic mass is 16.2. The van der Waals surface area contributed by atoms with Crippen molar-refractivity contribution in [2.24, 2.45) is 0 Å². The first-order chi connectivity index (χ1) is 7.56. The highest BCUT2D eigenvalue weighted by Crippen LogP contribution is 2.01. The lowest BCUT2D eigenvalue weighted by Gasteiger charge is -2.25. The summed E-state index contributed by atoms with van der Waals surface area (Å²) in [4.78, 5) is 13.7. The molecule has 4 nitrogen and oxygen atoms in total. The summed E-state index contributed by atoms with van der Waals surface area (Å²) in [5.41, 5.74) is 0. The van der Waals surface area contributed by atoms with Gasteiger partial charge in [0.05, 0.1) is 12.1 Å². The molecule has 0 radical (unpaired) electrons. The maximum atomic E-state index is 11.8. The second kappa shape index (κ2) is 8.12. The van der Waals surface area contributed by atoms with Crippen molar-refractivity contribution in [2.75, 3.05) is 13.6 Å². The second-order valence-corrected chi connectivity index (χ2v) is 4.09. The van der Waals surface area contributed by atoms with Gasteiger partial charge >= 0.3 is 0 Å². The average molecular weight is 225 g/mol. The zero-order valence-electron chi connectivity index (χ0n) is 10.8. The number of likely N-dealkylation sites (N-methyl/N-ethyl adjacent to an activating group) is 1. The molecule has 16 heavy (non-hydrogen) atoms. The molecule has 0 saturated carbocycles. The van der Waals surface area contributed by atoms with E-state index < -0.39 is 0 Å². The molecular weight excluding hydrogens is 202 g/mol. The molecule has 0 heterocycles. The van der Waals surface area contributed by atoms with Crippen molar-refractivity contribution in [1.29, 1.82) is 5.26 Å². The van der Waals surface area contributed by atoms with Crippen LogP contribution in [0.25, 0.3) is 0 Å². The van der Waals surface area contributed by atoms with E-state index in [1.807, 2.05) is 18.9 Å². The average Bonchev–Trinajstić information content (AvgIpc) is 2.31. The summed E-state index contributed by atoms with van der Waals surface area (Å²) in [6, 6.07) is 2.17. The molecule has 1 atom stereocenters. The minimum Gasteiger partial charge on any atom is -0.352 e. The van der Waals surface area contributed by atoms with Crippen molar-refractivity contribution < 1.29 is 4.79 Å². The Labute approximate surface area is 98.6 Å². The quantitative estimate of drug-likeness (QED) is 0.715. The van der Waals surface area contributed by atoms with Gasteiger partial charge in [-0.1, -0.05) is 13.8 Å². The molecule has 0 aromatic rings. The number of carbonyl (C=O) groups excluding carboxylic acids is 1. The third-order valence-corrected chi connectivity index (χ3v) is 2.95. The van der Waals surface area contributed by atoms with E-state index in [1.165, 1.54) is 0 Å². The second-order valence-electron chi connectivity index (χ2n) is 4.09. The van der Waals surface area contributed by atoms with Gasteiger partial charge in [0.25, 0.3) is 0 Å². The predicted molar refractivity (Wildman–Crippen MR) is 64.8 cm³/mol. The number of hydrogen-bond acceptors (Lipinski definition) is 3. The number of hydrogen-bond donors (Lipinski definition) is 1. The Balaban J connectivity index is 4.11. The summed E-state index contributed by atoms with van der Waals surface area (Å²) >= 11 is 0. The maximum Gasteiger partial charge on any atom is 0.237 e. The van der Waals surface area contributed by atoms with Crippen LogP contribution in [0, 0.1) is 11.3 Å². The number of carbonyl (C=O) groups is 1. The fourth-order valence-electron chi connectivity index (χ4n) is 1.43. The summed E-state index contributed by atoms with van der Waals surface area (Å²) in [5, 5.41) is 11.5. The lowest BCUT2D eigenvalue weighted by atomic mass is 10.1. The fourth-order valence-corrected chi connectivity index (χ4v) is 1.43. The molecule has 0 saturated heterocycles. The Morgan fingerprint density at radius 1 is 1.44 bits per heavy atom. The first-order valence-corrected chi connectivity index (χ1v) is 5.94. The first kappa shape index (κ1) is 14.9. The van der Waals surface area contributed by atoms with Crippen molar-refractivity contribution >= 4 is 5.91 Å². The van der Waals surface area contributed by atoms with E-state index >= 15 is 0 Å². The van der Waals surface area contributed by atoms with Crippen LogP contribution in [0.3, 0.4) is 0 Å². The molecule has 0 rings (SSSR count). The van der Waals surface area contributed by atoms with Gasteiger partial charge in [-0.15, -0.1) is 0 Å². The Hall–Kier alpha value is -1.08. The molecule has 1 unspecified atom stereocenters. The topological polar surface area (TPSA) is 56.1 Å². The predicted octanol–water partition coefficient (Wildman–Crippen LogP) is 1.53. The minimum absolute atomic E-state index is 0.0501. The molecule has 1 N–H and O–H groups in total. The summed E-state index contributed by atoms with van der Waals surface area (Å²) in [5.74, 6) is 0.0501. The van der Waals surface area contributed by atoms with Crippen LogP contribution in [-0.4, -0.2) is 36.5 Å². The molecular formula is C12H23N3O. The van der Waals surface area contributed by atoms with E-state index in [9.17, 15) is 4.79 Å². The first-order valence-electron chi connectivity index (χ1n) is 5.94. The maximum absolute atomic E-state index is 11.8. The third-order valence-electron chi connectivity index (χ3n) is 2.95. The lowest BCUT2D eigenvalue weighted by molar-refractivity contribution is -0.126. The Bertz CT molecular complexity index is 243. The normalized spacial score (nSPS) is 12.6. The molecule has 0 aliphatic heterocycles. The van der Waals surface area contributed by atoms with Gasteiger partial charge in [0.1, 0.15) is 0 Å². The highest BCUT2D eigenvalue weighted by Gasteiger charge is 2.19. The molecule has 0 fully saturated rings. The Morgan fingerprint density at radius 2 is 2.00 bits per heavy atom. The van der Waals surface area contributed by atoms with E-state index in [0.717, 1.165) is 12.8 Å². The van der Waals surface area contributed by atoms with Gasteiger partial charge in [-0.25, -0.2) is 0 Å². The largest absolute Gasteiger partial charge is 0.352 e. The van der Waals surface area contributed by atoms with Gasteiger partial charge in [-0.2, -0.15) is 5.26 Å². The van der Waals surface area contributed by atoms with Crippen LogP contribution in [0.1, 0.15) is 40.0 Å². The zero-order chi connectivity index (χ0) is 12.6. The van der Waals surface area contributed by atoms with Crippen LogP contribution in [0.4, 0.5) is 0 Å². The van der Waals surface area contributed by atoms with E-state index in [4.69, 9.17) is 5.26 Å². The summed E-state index contributed by atoms with van der Waals surface area (Å²) < 4.78 is 0. The number of amides is 1. The van der Waals surface area contributed by atoms with Gasteiger partial charge in [0.2, 0.25) is 5.91 Å². The number of nitriles is 1. The molecule has 0 aliphatic carbocycles. The van der Waals surface area contributed by atoms with Gasteiger partial charge in [-0.3, -0.25) is 9.69 Å². The van der Waals surface area contributed by atoms with Crippen LogP contribution in [-0.2, 0) is 4.79 Å². The van der Waals surface area contributed by atoms with Crippen LogP contribution < -0.4 is 5.32 Å². The molecule has 92 valence electrons. The molecule has 0 aromatic carbocycles. The molecule has 1 amide bonds. The van der Waals surface area contributed by atoms with Crippen molar-refractivity contribution in [3.63, 3.8) is 0 Å².